The molecule has 0 bridgehead atoms. The van der Waals surface area contributed by atoms with Crippen molar-refractivity contribution >= 4 is 5.69 Å². The van der Waals surface area contributed by atoms with Crippen LogP contribution in [0.3, 0.4) is 0 Å². The van der Waals surface area contributed by atoms with Gasteiger partial charge in [0.1, 0.15) is 0 Å². The maximum Gasteiger partial charge on any atom is 0.0366 e. The Morgan fingerprint density at radius 1 is 0.765 bits per heavy atom. The van der Waals surface area contributed by atoms with Crippen molar-refractivity contribution in [2.24, 2.45) is 0 Å². The fourth-order valence-electron chi connectivity index (χ4n) is 2.18. The first kappa shape index (κ1) is 14.1. The van der Waals surface area contributed by atoms with Crippen LogP contribution in [-0.4, -0.2) is 13.1 Å². The van der Waals surface area contributed by atoms with Gasteiger partial charge in [0.2, 0.25) is 0 Å². The number of rotatable bonds is 9. The molecule has 0 heterocycles. The lowest BCUT2D eigenvalue weighted by Crippen LogP contribution is -2.25. The summed E-state index contributed by atoms with van der Waals surface area (Å²) in [6, 6.07) is 10.8. The van der Waals surface area contributed by atoms with Crippen molar-refractivity contribution in [1.82, 2.24) is 0 Å². The summed E-state index contributed by atoms with van der Waals surface area (Å²) in [4.78, 5) is 2.52. The maximum atomic E-state index is 2.52. The molecular formula is C16H27N. The van der Waals surface area contributed by atoms with Gasteiger partial charge in [0, 0.05) is 18.8 Å². The predicted molar refractivity (Wildman–Crippen MR) is 77.7 cm³/mol. The number of benzene rings is 1. The molecule has 0 spiro atoms. The molecule has 17 heavy (non-hydrogen) atoms. The van der Waals surface area contributed by atoms with Gasteiger partial charge in [0.05, 0.1) is 0 Å². The zero-order valence-corrected chi connectivity index (χ0v) is 11.5. The standard InChI is InChI=1S/C16H27N/c1-3-5-6-7-11-15-17(14-4-2)16-12-9-8-10-13-16/h8-10,12-13H,3-7,11,14-15H2,1-2H3. The largest absolute Gasteiger partial charge is 0.372 e. The molecule has 0 unspecified atom stereocenters. The lowest BCUT2D eigenvalue weighted by Gasteiger charge is -2.24. The normalized spacial score (nSPS) is 10.5. The van der Waals surface area contributed by atoms with Crippen LogP contribution in [0.4, 0.5) is 5.69 Å². The average Bonchev–Trinajstić information content (AvgIpc) is 2.38. The minimum Gasteiger partial charge on any atom is -0.372 e. The van der Waals surface area contributed by atoms with E-state index in [2.05, 4.69) is 49.1 Å². The van der Waals surface area contributed by atoms with E-state index in [0.717, 1.165) is 0 Å². The lowest BCUT2D eigenvalue weighted by molar-refractivity contribution is 0.615. The molecule has 0 aromatic heterocycles. The van der Waals surface area contributed by atoms with Crippen LogP contribution in [0.5, 0.6) is 0 Å². The second-order valence-electron chi connectivity index (χ2n) is 4.74. The molecule has 0 aliphatic rings. The van der Waals surface area contributed by atoms with Gasteiger partial charge >= 0.3 is 0 Å². The second kappa shape index (κ2) is 9.09. The van der Waals surface area contributed by atoms with Gasteiger partial charge in [-0.25, -0.2) is 0 Å². The Labute approximate surface area is 107 Å². The van der Waals surface area contributed by atoms with E-state index in [4.69, 9.17) is 0 Å². The fourth-order valence-corrected chi connectivity index (χ4v) is 2.18. The molecule has 0 radical (unpaired) electrons. The van der Waals surface area contributed by atoms with Gasteiger partial charge < -0.3 is 4.90 Å². The lowest BCUT2D eigenvalue weighted by atomic mass is 10.1. The highest BCUT2D eigenvalue weighted by atomic mass is 15.1. The Hall–Kier alpha value is -0.980. The summed E-state index contributed by atoms with van der Waals surface area (Å²) in [5.74, 6) is 0. The summed E-state index contributed by atoms with van der Waals surface area (Å²) in [6.07, 6.45) is 8.04. The van der Waals surface area contributed by atoms with Crippen molar-refractivity contribution in [3.63, 3.8) is 0 Å². The molecule has 0 fully saturated rings. The monoisotopic (exact) mass is 233 g/mol. The number of para-hydroxylation sites is 1. The fraction of sp³-hybridized carbons (Fsp3) is 0.625. The average molecular weight is 233 g/mol. The van der Waals surface area contributed by atoms with Crippen molar-refractivity contribution in [1.29, 1.82) is 0 Å². The van der Waals surface area contributed by atoms with Crippen molar-refractivity contribution in [2.75, 3.05) is 18.0 Å². The molecule has 0 atom stereocenters. The molecule has 1 aromatic carbocycles. The van der Waals surface area contributed by atoms with Crippen LogP contribution >= 0.6 is 0 Å². The van der Waals surface area contributed by atoms with E-state index in [0.29, 0.717) is 0 Å². The minimum atomic E-state index is 1.18. The SMILES string of the molecule is CCCCCCCN(CCC)c1ccccc1. The highest BCUT2D eigenvalue weighted by Crippen LogP contribution is 2.15. The van der Waals surface area contributed by atoms with Crippen LogP contribution in [0.25, 0.3) is 0 Å². The number of hydrogen-bond donors (Lipinski definition) is 0. The Balaban J connectivity index is 2.33. The van der Waals surface area contributed by atoms with E-state index in [1.54, 1.807) is 0 Å². The minimum absolute atomic E-state index is 1.18. The summed E-state index contributed by atoms with van der Waals surface area (Å²) < 4.78 is 0. The molecule has 96 valence electrons. The van der Waals surface area contributed by atoms with Gasteiger partial charge in [-0.2, -0.15) is 0 Å². The Morgan fingerprint density at radius 2 is 1.47 bits per heavy atom. The third-order valence-corrected chi connectivity index (χ3v) is 3.15. The number of unbranched alkanes of at least 4 members (excludes halogenated alkanes) is 4. The quantitative estimate of drug-likeness (QED) is 0.550. The molecule has 0 aliphatic heterocycles. The van der Waals surface area contributed by atoms with Crippen molar-refractivity contribution < 1.29 is 0 Å². The van der Waals surface area contributed by atoms with Crippen LogP contribution in [0.2, 0.25) is 0 Å². The van der Waals surface area contributed by atoms with Gasteiger partial charge in [-0.15, -0.1) is 0 Å². The molecule has 0 amide bonds. The first-order valence-corrected chi connectivity index (χ1v) is 7.18. The summed E-state index contributed by atoms with van der Waals surface area (Å²) in [5.41, 5.74) is 1.38. The van der Waals surface area contributed by atoms with Crippen LogP contribution < -0.4 is 4.90 Å². The van der Waals surface area contributed by atoms with Crippen LogP contribution in [0, 0.1) is 0 Å². The summed E-state index contributed by atoms with van der Waals surface area (Å²) in [7, 11) is 0. The molecule has 1 aromatic rings. The van der Waals surface area contributed by atoms with E-state index in [-0.39, 0.29) is 0 Å². The van der Waals surface area contributed by atoms with E-state index in [9.17, 15) is 0 Å². The van der Waals surface area contributed by atoms with Crippen molar-refractivity contribution in [2.45, 2.75) is 52.4 Å². The summed E-state index contributed by atoms with van der Waals surface area (Å²) in [6.45, 7) is 6.92. The number of nitrogens with zero attached hydrogens (tertiary/aromatic N) is 1. The third-order valence-electron chi connectivity index (χ3n) is 3.15. The highest BCUT2D eigenvalue weighted by Gasteiger charge is 2.03. The number of anilines is 1. The van der Waals surface area contributed by atoms with Crippen LogP contribution in [0.15, 0.2) is 30.3 Å². The molecule has 0 saturated heterocycles. The summed E-state index contributed by atoms with van der Waals surface area (Å²) >= 11 is 0. The first-order chi connectivity index (χ1) is 8.38. The van der Waals surface area contributed by atoms with Crippen molar-refractivity contribution in [3.8, 4) is 0 Å². The van der Waals surface area contributed by atoms with Gasteiger partial charge in [-0.1, -0.05) is 57.7 Å². The molecule has 0 saturated carbocycles. The van der Waals surface area contributed by atoms with Gasteiger partial charge in [-0.05, 0) is 25.0 Å². The second-order valence-corrected chi connectivity index (χ2v) is 4.74. The molecular weight excluding hydrogens is 206 g/mol. The molecule has 0 aliphatic carbocycles. The topological polar surface area (TPSA) is 3.24 Å². The Bertz CT molecular complexity index is 268. The van der Waals surface area contributed by atoms with E-state index in [1.807, 2.05) is 0 Å². The maximum absolute atomic E-state index is 2.52. The van der Waals surface area contributed by atoms with Crippen LogP contribution in [0.1, 0.15) is 52.4 Å². The van der Waals surface area contributed by atoms with Gasteiger partial charge in [0.15, 0.2) is 0 Å². The van der Waals surface area contributed by atoms with Crippen LogP contribution in [-0.2, 0) is 0 Å². The Morgan fingerprint density at radius 3 is 2.12 bits per heavy atom. The van der Waals surface area contributed by atoms with E-state index >= 15 is 0 Å². The highest BCUT2D eigenvalue weighted by molar-refractivity contribution is 5.45. The molecule has 1 rings (SSSR count). The molecule has 1 heteroatoms. The zero-order valence-electron chi connectivity index (χ0n) is 11.5. The van der Waals surface area contributed by atoms with Gasteiger partial charge in [-0.3, -0.25) is 0 Å². The van der Waals surface area contributed by atoms with Crippen molar-refractivity contribution in [3.05, 3.63) is 30.3 Å². The summed E-state index contributed by atoms with van der Waals surface area (Å²) in [5, 5.41) is 0. The number of hydrogen-bond acceptors (Lipinski definition) is 1. The Kier molecular flexibility index (Phi) is 7.53. The molecule has 1 nitrogen and oxygen atoms in total. The van der Waals surface area contributed by atoms with E-state index < -0.39 is 0 Å². The van der Waals surface area contributed by atoms with Gasteiger partial charge in [0.25, 0.3) is 0 Å². The smallest absolute Gasteiger partial charge is 0.0366 e. The van der Waals surface area contributed by atoms with E-state index in [1.165, 1.54) is 57.3 Å². The first-order valence-electron chi connectivity index (χ1n) is 7.18. The third kappa shape index (κ3) is 5.76. The predicted octanol–water partition coefficient (Wildman–Crippen LogP) is 4.87. The molecule has 0 N–H and O–H groups in total. The zero-order chi connectivity index (χ0) is 12.3.